The summed E-state index contributed by atoms with van der Waals surface area (Å²) in [6, 6.07) is 7.81. The van der Waals surface area contributed by atoms with Crippen LogP contribution in [0.25, 0.3) is 0 Å². The van der Waals surface area contributed by atoms with E-state index in [0.29, 0.717) is 0 Å². The highest BCUT2D eigenvalue weighted by atomic mass is 35.5. The molecule has 0 N–H and O–H groups in total. The van der Waals surface area contributed by atoms with Crippen molar-refractivity contribution in [2.24, 2.45) is 5.92 Å². The lowest BCUT2D eigenvalue weighted by atomic mass is 10.00. The average Bonchev–Trinajstić information content (AvgIpc) is 2.29. The molecule has 1 aromatic rings. The molecular formula is C13H16ClNS. The predicted octanol–water partition coefficient (Wildman–Crippen LogP) is 3.75. The first-order valence-electron chi connectivity index (χ1n) is 5.71. The summed E-state index contributed by atoms with van der Waals surface area (Å²) in [5, 5.41) is 0.763. The molecule has 1 atom stereocenters. The molecular weight excluding hydrogens is 238 g/mol. The normalized spacial score (nSPS) is 20.9. The van der Waals surface area contributed by atoms with Crippen molar-refractivity contribution in [1.82, 2.24) is 4.90 Å². The van der Waals surface area contributed by atoms with E-state index in [-0.39, 0.29) is 0 Å². The zero-order valence-corrected chi connectivity index (χ0v) is 11.0. The minimum absolute atomic E-state index is 0.749. The standard InChI is InChI=1S/C13H16ClNS/c1-10-3-2-8-15(9-10)13(16)11-4-6-12(14)7-5-11/h4-7,10H,2-3,8-9H2,1H3/t10-/m0/s1. The molecule has 1 heterocycles. The number of rotatable bonds is 1. The second-order valence-electron chi connectivity index (χ2n) is 4.51. The van der Waals surface area contributed by atoms with E-state index >= 15 is 0 Å². The van der Waals surface area contributed by atoms with Crippen LogP contribution in [-0.4, -0.2) is 23.0 Å². The van der Waals surface area contributed by atoms with Gasteiger partial charge in [0.25, 0.3) is 0 Å². The zero-order chi connectivity index (χ0) is 11.5. The number of thiocarbonyl (C=S) groups is 1. The van der Waals surface area contributed by atoms with E-state index in [4.69, 9.17) is 23.8 Å². The molecule has 3 heteroatoms. The van der Waals surface area contributed by atoms with Crippen molar-refractivity contribution in [3.05, 3.63) is 34.9 Å². The fourth-order valence-electron chi connectivity index (χ4n) is 2.15. The Labute approximate surface area is 107 Å². The number of halogens is 1. The SMILES string of the molecule is C[C@H]1CCCN(C(=S)c2ccc(Cl)cc2)C1. The smallest absolute Gasteiger partial charge is 0.109 e. The van der Waals surface area contributed by atoms with Crippen LogP contribution in [-0.2, 0) is 0 Å². The fourth-order valence-corrected chi connectivity index (χ4v) is 2.58. The highest BCUT2D eigenvalue weighted by molar-refractivity contribution is 7.80. The van der Waals surface area contributed by atoms with Crippen LogP contribution in [0.5, 0.6) is 0 Å². The summed E-state index contributed by atoms with van der Waals surface area (Å²) in [6.07, 6.45) is 2.56. The monoisotopic (exact) mass is 253 g/mol. The number of likely N-dealkylation sites (tertiary alicyclic amines) is 1. The third-order valence-corrected chi connectivity index (χ3v) is 3.78. The zero-order valence-electron chi connectivity index (χ0n) is 9.45. The first kappa shape index (κ1) is 11.9. The van der Waals surface area contributed by atoms with E-state index in [1.54, 1.807) is 0 Å². The number of hydrogen-bond acceptors (Lipinski definition) is 1. The molecule has 0 unspecified atom stereocenters. The Hall–Kier alpha value is -0.600. The van der Waals surface area contributed by atoms with Gasteiger partial charge in [-0.25, -0.2) is 0 Å². The van der Waals surface area contributed by atoms with Gasteiger partial charge in [-0.3, -0.25) is 0 Å². The number of piperidine rings is 1. The molecule has 0 spiro atoms. The molecule has 0 bridgehead atoms. The van der Waals surface area contributed by atoms with Gasteiger partial charge in [0.2, 0.25) is 0 Å². The van der Waals surface area contributed by atoms with Crippen LogP contribution in [0.15, 0.2) is 24.3 Å². The van der Waals surface area contributed by atoms with Gasteiger partial charge in [-0.05, 0) is 30.9 Å². The third kappa shape index (κ3) is 2.74. The number of hydrogen-bond donors (Lipinski definition) is 0. The van der Waals surface area contributed by atoms with E-state index in [2.05, 4.69) is 11.8 Å². The van der Waals surface area contributed by atoms with Gasteiger partial charge in [0.05, 0.1) is 0 Å². The summed E-state index contributed by atoms with van der Waals surface area (Å²) in [5.41, 5.74) is 1.11. The molecule has 1 aliphatic rings. The Morgan fingerprint density at radius 1 is 1.38 bits per heavy atom. The molecule has 0 aliphatic carbocycles. The summed E-state index contributed by atoms with van der Waals surface area (Å²) in [6.45, 7) is 4.46. The van der Waals surface area contributed by atoms with Crippen LogP contribution in [0.2, 0.25) is 5.02 Å². The lowest BCUT2D eigenvalue weighted by molar-refractivity contribution is 0.277. The number of benzene rings is 1. The molecule has 0 saturated carbocycles. The van der Waals surface area contributed by atoms with Gasteiger partial charge in [-0.1, -0.05) is 42.9 Å². The van der Waals surface area contributed by atoms with Gasteiger partial charge in [-0.2, -0.15) is 0 Å². The van der Waals surface area contributed by atoms with Crippen LogP contribution in [0.3, 0.4) is 0 Å². The van der Waals surface area contributed by atoms with E-state index in [0.717, 1.165) is 34.6 Å². The van der Waals surface area contributed by atoms with Gasteiger partial charge < -0.3 is 4.90 Å². The molecule has 1 aromatic carbocycles. The van der Waals surface area contributed by atoms with Gasteiger partial charge in [0.15, 0.2) is 0 Å². The molecule has 1 saturated heterocycles. The third-order valence-electron chi connectivity index (χ3n) is 3.04. The van der Waals surface area contributed by atoms with Crippen molar-refractivity contribution < 1.29 is 0 Å². The van der Waals surface area contributed by atoms with E-state index in [1.807, 2.05) is 24.3 Å². The maximum absolute atomic E-state index is 5.87. The summed E-state index contributed by atoms with van der Waals surface area (Å²) in [4.78, 5) is 3.27. The topological polar surface area (TPSA) is 3.24 Å². The minimum Gasteiger partial charge on any atom is -0.362 e. The second-order valence-corrected chi connectivity index (χ2v) is 5.33. The maximum atomic E-state index is 5.87. The first-order valence-corrected chi connectivity index (χ1v) is 6.50. The summed E-state index contributed by atoms with van der Waals surface area (Å²) in [7, 11) is 0. The number of nitrogens with zero attached hydrogens (tertiary/aromatic N) is 1. The Balaban J connectivity index is 2.09. The van der Waals surface area contributed by atoms with Gasteiger partial charge >= 0.3 is 0 Å². The Morgan fingerprint density at radius 3 is 2.69 bits per heavy atom. The Kier molecular flexibility index (Phi) is 3.82. The Morgan fingerprint density at radius 2 is 2.06 bits per heavy atom. The first-order chi connectivity index (χ1) is 7.66. The van der Waals surface area contributed by atoms with Crippen molar-refractivity contribution >= 4 is 28.8 Å². The van der Waals surface area contributed by atoms with Crippen molar-refractivity contribution in [1.29, 1.82) is 0 Å². The van der Waals surface area contributed by atoms with E-state index in [1.165, 1.54) is 12.8 Å². The summed E-state index contributed by atoms with van der Waals surface area (Å²) in [5.74, 6) is 0.749. The average molecular weight is 254 g/mol. The van der Waals surface area contributed by atoms with Crippen molar-refractivity contribution in [2.45, 2.75) is 19.8 Å². The lowest BCUT2D eigenvalue weighted by Crippen LogP contribution is -2.38. The molecule has 86 valence electrons. The highest BCUT2D eigenvalue weighted by Gasteiger charge is 2.19. The van der Waals surface area contributed by atoms with Crippen LogP contribution < -0.4 is 0 Å². The summed E-state index contributed by atoms with van der Waals surface area (Å²) < 4.78 is 0. The second kappa shape index (κ2) is 5.15. The molecule has 0 amide bonds. The lowest BCUT2D eigenvalue weighted by Gasteiger charge is -2.33. The van der Waals surface area contributed by atoms with Crippen molar-refractivity contribution in [3.8, 4) is 0 Å². The van der Waals surface area contributed by atoms with Crippen molar-refractivity contribution in [3.63, 3.8) is 0 Å². The molecule has 1 aliphatic heterocycles. The van der Waals surface area contributed by atoms with Gasteiger partial charge in [0, 0.05) is 23.7 Å². The largest absolute Gasteiger partial charge is 0.362 e. The molecule has 1 fully saturated rings. The fraction of sp³-hybridized carbons (Fsp3) is 0.462. The molecule has 2 rings (SSSR count). The van der Waals surface area contributed by atoms with Gasteiger partial charge in [-0.15, -0.1) is 0 Å². The molecule has 1 nitrogen and oxygen atoms in total. The molecule has 0 radical (unpaired) electrons. The van der Waals surface area contributed by atoms with Crippen LogP contribution in [0.1, 0.15) is 25.3 Å². The van der Waals surface area contributed by atoms with E-state index in [9.17, 15) is 0 Å². The van der Waals surface area contributed by atoms with Crippen LogP contribution >= 0.6 is 23.8 Å². The summed E-state index contributed by atoms with van der Waals surface area (Å²) >= 11 is 11.4. The van der Waals surface area contributed by atoms with Gasteiger partial charge in [0.1, 0.15) is 4.99 Å². The minimum atomic E-state index is 0.749. The quantitative estimate of drug-likeness (QED) is 0.702. The van der Waals surface area contributed by atoms with E-state index < -0.39 is 0 Å². The Bertz CT molecular complexity index is 374. The van der Waals surface area contributed by atoms with Crippen LogP contribution in [0, 0.1) is 5.92 Å². The van der Waals surface area contributed by atoms with Crippen LogP contribution in [0.4, 0.5) is 0 Å². The predicted molar refractivity (Wildman–Crippen MR) is 73.1 cm³/mol. The highest BCUT2D eigenvalue weighted by Crippen LogP contribution is 2.19. The van der Waals surface area contributed by atoms with Crippen molar-refractivity contribution in [2.75, 3.05) is 13.1 Å². The molecule has 16 heavy (non-hydrogen) atoms. The maximum Gasteiger partial charge on any atom is 0.109 e. The molecule has 0 aromatic heterocycles.